The zero-order valence-electron chi connectivity index (χ0n) is 14.6. The van der Waals surface area contributed by atoms with Crippen LogP contribution in [0.4, 0.5) is 0 Å². The second-order valence-corrected chi connectivity index (χ2v) is 10.2. The first-order valence-electron chi connectivity index (χ1n) is 8.68. The Bertz CT molecular complexity index is 758. The molecule has 0 aliphatic rings. The number of ether oxygens (including phenoxy) is 1. The molecule has 0 atom stereocenters. The molecule has 3 aromatic rings. The summed E-state index contributed by atoms with van der Waals surface area (Å²) in [5.41, 5.74) is 3.69. The second-order valence-electron chi connectivity index (χ2n) is 5.89. The molecule has 0 amide bonds. The quantitative estimate of drug-likeness (QED) is 0.250. The number of alkyl halides is 1. The summed E-state index contributed by atoms with van der Waals surface area (Å²) in [5.74, 6) is 3.33. The van der Waals surface area contributed by atoms with E-state index in [2.05, 4.69) is 119 Å². The van der Waals surface area contributed by atoms with Gasteiger partial charge in [-0.1, -0.05) is 0 Å². The fourth-order valence-corrected chi connectivity index (χ4v) is 7.20. The fourth-order valence-electron chi connectivity index (χ4n) is 3.13. The number of halogens is 1. The van der Waals surface area contributed by atoms with Crippen molar-refractivity contribution in [2.75, 3.05) is 18.5 Å². The third-order valence-corrected chi connectivity index (χ3v) is 8.77. The van der Waals surface area contributed by atoms with Gasteiger partial charge in [-0.05, 0) is 0 Å². The number of hydrogen-bond donors (Lipinski definition) is 0. The predicted octanol–water partition coefficient (Wildman–Crippen LogP) is 4.09. The standard InChI is InChI=1S/C23H22BrOP/c24-17-19-25-18-10-20-26(21-11-4-1-5-12-21,22-13-6-2-7-14-22)23-15-8-3-9-16-23/h1-9,11-16,26H,17-19H2. The molecule has 0 spiro atoms. The van der Waals surface area contributed by atoms with Crippen LogP contribution >= 0.6 is 23.2 Å². The molecule has 0 radical (unpaired) electrons. The summed E-state index contributed by atoms with van der Waals surface area (Å²) in [6.07, 6.45) is 0. The van der Waals surface area contributed by atoms with Gasteiger partial charge in [0.25, 0.3) is 0 Å². The molecular weight excluding hydrogens is 403 g/mol. The van der Waals surface area contributed by atoms with Gasteiger partial charge >= 0.3 is 165 Å². The van der Waals surface area contributed by atoms with Crippen LogP contribution in [-0.2, 0) is 4.74 Å². The maximum atomic E-state index is 5.59. The van der Waals surface area contributed by atoms with Crippen LogP contribution in [0.25, 0.3) is 0 Å². The number of hydrogen-bond acceptors (Lipinski definition) is 1. The topological polar surface area (TPSA) is 9.23 Å². The van der Waals surface area contributed by atoms with E-state index in [9.17, 15) is 0 Å². The zero-order chi connectivity index (χ0) is 18.1. The summed E-state index contributed by atoms with van der Waals surface area (Å²) in [6, 6.07) is 32.1. The Hall–Kier alpha value is -1.91. The van der Waals surface area contributed by atoms with Crippen LogP contribution in [-0.4, -0.2) is 18.5 Å². The molecule has 3 aromatic carbocycles. The van der Waals surface area contributed by atoms with Crippen molar-refractivity contribution in [3.05, 3.63) is 91.0 Å². The molecule has 0 saturated carbocycles. The van der Waals surface area contributed by atoms with E-state index in [1.165, 1.54) is 15.9 Å². The first-order valence-corrected chi connectivity index (χ1v) is 11.8. The van der Waals surface area contributed by atoms with Crippen LogP contribution in [0.1, 0.15) is 0 Å². The molecule has 0 heterocycles. The van der Waals surface area contributed by atoms with E-state index in [0.717, 1.165) is 5.33 Å². The Morgan fingerprint density at radius 3 is 1.50 bits per heavy atom. The van der Waals surface area contributed by atoms with Crippen LogP contribution in [0.15, 0.2) is 91.0 Å². The minimum atomic E-state index is -2.44. The number of rotatable bonds is 6. The summed E-state index contributed by atoms with van der Waals surface area (Å²) >= 11 is 3.39. The maximum absolute atomic E-state index is 5.59. The van der Waals surface area contributed by atoms with E-state index in [1.54, 1.807) is 0 Å². The SMILES string of the molecule is BrCCOCC#C[PH](c1ccccc1)(c1ccccc1)c1ccccc1. The van der Waals surface area contributed by atoms with Crippen molar-refractivity contribution >= 4 is 39.1 Å². The van der Waals surface area contributed by atoms with E-state index < -0.39 is 7.26 Å². The Balaban J connectivity index is 2.18. The van der Waals surface area contributed by atoms with Crippen molar-refractivity contribution < 1.29 is 4.74 Å². The Labute approximate surface area is 164 Å². The molecular formula is C23H22BrOP. The molecule has 26 heavy (non-hydrogen) atoms. The van der Waals surface area contributed by atoms with Crippen molar-refractivity contribution in [1.82, 2.24) is 0 Å². The summed E-state index contributed by atoms with van der Waals surface area (Å²) in [5, 5.41) is 4.72. The van der Waals surface area contributed by atoms with Crippen LogP contribution in [0.5, 0.6) is 0 Å². The summed E-state index contributed by atoms with van der Waals surface area (Å²) in [6.45, 7) is 1.12. The van der Waals surface area contributed by atoms with Crippen LogP contribution in [0.2, 0.25) is 0 Å². The average Bonchev–Trinajstić information content (AvgIpc) is 2.73. The fraction of sp³-hybridized carbons (Fsp3) is 0.130. The summed E-state index contributed by atoms with van der Waals surface area (Å²) < 4.78 is 5.59. The molecule has 1 nitrogen and oxygen atoms in total. The van der Waals surface area contributed by atoms with Gasteiger partial charge in [0.05, 0.1) is 0 Å². The Morgan fingerprint density at radius 2 is 1.12 bits per heavy atom. The van der Waals surface area contributed by atoms with Gasteiger partial charge in [0, 0.05) is 0 Å². The predicted molar refractivity (Wildman–Crippen MR) is 119 cm³/mol. The second kappa shape index (κ2) is 9.70. The monoisotopic (exact) mass is 424 g/mol. The summed E-state index contributed by atoms with van der Waals surface area (Å²) in [4.78, 5) is 0. The Kier molecular flexibility index (Phi) is 7.04. The van der Waals surface area contributed by atoms with E-state index in [4.69, 9.17) is 4.74 Å². The molecule has 0 aromatic heterocycles. The van der Waals surface area contributed by atoms with Gasteiger partial charge in [-0.3, -0.25) is 0 Å². The van der Waals surface area contributed by atoms with E-state index in [-0.39, 0.29) is 0 Å². The van der Waals surface area contributed by atoms with Crippen molar-refractivity contribution in [2.24, 2.45) is 0 Å². The molecule has 3 rings (SSSR count). The van der Waals surface area contributed by atoms with Gasteiger partial charge in [0.1, 0.15) is 0 Å². The van der Waals surface area contributed by atoms with Gasteiger partial charge in [0.2, 0.25) is 0 Å². The van der Waals surface area contributed by atoms with Gasteiger partial charge in [-0.25, -0.2) is 0 Å². The molecule has 0 aliphatic heterocycles. The molecule has 0 saturated heterocycles. The average molecular weight is 425 g/mol. The molecule has 0 fully saturated rings. The van der Waals surface area contributed by atoms with E-state index >= 15 is 0 Å². The van der Waals surface area contributed by atoms with Crippen molar-refractivity contribution in [3.63, 3.8) is 0 Å². The summed E-state index contributed by atoms with van der Waals surface area (Å²) in [7, 11) is -2.44. The van der Waals surface area contributed by atoms with Gasteiger partial charge in [-0.15, -0.1) is 0 Å². The first kappa shape index (κ1) is 18.9. The first-order chi connectivity index (χ1) is 12.9. The van der Waals surface area contributed by atoms with E-state index in [0.29, 0.717) is 13.2 Å². The van der Waals surface area contributed by atoms with Crippen molar-refractivity contribution in [3.8, 4) is 11.6 Å². The third kappa shape index (κ3) is 4.25. The van der Waals surface area contributed by atoms with Crippen LogP contribution in [0.3, 0.4) is 0 Å². The zero-order valence-corrected chi connectivity index (χ0v) is 17.2. The van der Waals surface area contributed by atoms with E-state index in [1.807, 2.05) is 0 Å². The molecule has 0 bridgehead atoms. The molecule has 0 N–H and O–H groups in total. The third-order valence-electron chi connectivity index (χ3n) is 4.29. The number of benzene rings is 3. The molecule has 3 heteroatoms. The van der Waals surface area contributed by atoms with Gasteiger partial charge in [0.15, 0.2) is 0 Å². The molecule has 0 unspecified atom stereocenters. The molecule has 132 valence electrons. The van der Waals surface area contributed by atoms with Crippen LogP contribution < -0.4 is 15.9 Å². The van der Waals surface area contributed by atoms with Gasteiger partial charge < -0.3 is 0 Å². The minimum absolute atomic E-state index is 0.451. The van der Waals surface area contributed by atoms with Crippen molar-refractivity contribution in [2.45, 2.75) is 0 Å². The normalized spacial score (nSPS) is 11.4. The van der Waals surface area contributed by atoms with Crippen molar-refractivity contribution in [1.29, 1.82) is 0 Å². The van der Waals surface area contributed by atoms with Gasteiger partial charge in [-0.2, -0.15) is 0 Å². The Morgan fingerprint density at radius 1 is 0.692 bits per heavy atom. The van der Waals surface area contributed by atoms with Crippen LogP contribution in [0, 0.1) is 11.6 Å². The molecule has 0 aliphatic carbocycles.